The average molecular weight is 299 g/mol. The van der Waals surface area contributed by atoms with Gasteiger partial charge < -0.3 is 15.6 Å². The lowest BCUT2D eigenvalue weighted by Gasteiger charge is -2.09. The molecule has 0 radical (unpaired) electrons. The zero-order valence-corrected chi connectivity index (χ0v) is 11.9. The summed E-state index contributed by atoms with van der Waals surface area (Å²) in [5.74, 6) is 1.49. The van der Waals surface area contributed by atoms with Gasteiger partial charge in [0.2, 0.25) is 0 Å². The number of aromatic amines is 1. The van der Waals surface area contributed by atoms with Crippen LogP contribution in [0, 0.1) is 5.82 Å². The van der Waals surface area contributed by atoms with Gasteiger partial charge in [-0.25, -0.2) is 19.3 Å². The first-order valence-corrected chi connectivity index (χ1v) is 6.58. The molecule has 3 N–H and O–H groups in total. The van der Waals surface area contributed by atoms with Crippen LogP contribution < -0.4 is 10.6 Å². The molecule has 0 unspecified atom stereocenters. The normalized spacial score (nSPS) is 10.6. The summed E-state index contributed by atoms with van der Waals surface area (Å²) in [6.07, 6.45) is 1.43. The van der Waals surface area contributed by atoms with E-state index in [2.05, 4.69) is 42.3 Å². The van der Waals surface area contributed by atoms with Gasteiger partial charge in [-0.15, -0.1) is 0 Å². The minimum atomic E-state index is -0.303. The van der Waals surface area contributed by atoms with Crippen LogP contribution in [0.3, 0.4) is 0 Å². The number of nitrogens with one attached hydrogen (secondary N) is 3. The molecule has 3 rings (SSSR count). The number of H-pyrrole nitrogens is 1. The first-order chi connectivity index (χ1) is 10.7. The van der Waals surface area contributed by atoms with Crippen molar-refractivity contribution in [2.75, 3.05) is 17.7 Å². The highest BCUT2D eigenvalue weighted by atomic mass is 19.1. The van der Waals surface area contributed by atoms with Crippen LogP contribution in [-0.2, 0) is 6.54 Å². The van der Waals surface area contributed by atoms with Gasteiger partial charge >= 0.3 is 0 Å². The van der Waals surface area contributed by atoms with Crippen molar-refractivity contribution in [3.8, 4) is 0 Å². The van der Waals surface area contributed by atoms with Crippen LogP contribution in [0.1, 0.15) is 5.82 Å². The molecule has 7 nitrogen and oxygen atoms in total. The molecule has 0 bridgehead atoms. The highest BCUT2D eigenvalue weighted by Crippen LogP contribution is 2.28. The predicted octanol–water partition coefficient (Wildman–Crippen LogP) is 2.48. The number of imidazole rings is 1. The third-order valence-corrected chi connectivity index (χ3v) is 3.13. The molecule has 0 spiro atoms. The molecule has 0 fully saturated rings. The minimum Gasteiger partial charge on any atom is -0.371 e. The molecule has 3 aromatic rings. The molecule has 112 valence electrons. The molecule has 2 heterocycles. The van der Waals surface area contributed by atoms with Gasteiger partial charge in [-0.3, -0.25) is 4.99 Å². The molecule has 0 aliphatic carbocycles. The van der Waals surface area contributed by atoms with Crippen LogP contribution in [0.2, 0.25) is 0 Å². The number of aliphatic imine (C=N–C) groups is 1. The molecule has 1 aromatic carbocycles. The topological polar surface area (TPSA) is 90.9 Å². The second-order valence-electron chi connectivity index (χ2n) is 4.53. The highest BCUT2D eigenvalue weighted by Gasteiger charge is 2.10. The van der Waals surface area contributed by atoms with Crippen molar-refractivity contribution in [1.29, 1.82) is 0 Å². The van der Waals surface area contributed by atoms with Crippen molar-refractivity contribution in [3.05, 3.63) is 36.2 Å². The molecular weight excluding hydrogens is 285 g/mol. The van der Waals surface area contributed by atoms with E-state index in [1.54, 1.807) is 13.1 Å². The number of halogens is 1. The Balaban J connectivity index is 1.83. The lowest BCUT2D eigenvalue weighted by Crippen LogP contribution is -2.05. The van der Waals surface area contributed by atoms with E-state index in [0.717, 1.165) is 0 Å². The van der Waals surface area contributed by atoms with Crippen LogP contribution >= 0.6 is 0 Å². The fourth-order valence-electron chi connectivity index (χ4n) is 2.13. The van der Waals surface area contributed by atoms with E-state index in [-0.39, 0.29) is 5.82 Å². The minimum absolute atomic E-state index is 0.303. The summed E-state index contributed by atoms with van der Waals surface area (Å²) in [6.45, 7) is 3.91. The summed E-state index contributed by atoms with van der Waals surface area (Å²) in [4.78, 5) is 19.6. The maximum Gasteiger partial charge on any atom is 0.157 e. The second kappa shape index (κ2) is 5.76. The summed E-state index contributed by atoms with van der Waals surface area (Å²) in [5.41, 5.74) is 1.89. The van der Waals surface area contributed by atoms with Gasteiger partial charge in [-0.2, -0.15) is 0 Å². The summed E-state index contributed by atoms with van der Waals surface area (Å²) in [5, 5.41) is 6.04. The maximum absolute atomic E-state index is 13.2. The van der Waals surface area contributed by atoms with Crippen molar-refractivity contribution < 1.29 is 4.39 Å². The average Bonchev–Trinajstić information content (AvgIpc) is 2.94. The van der Waals surface area contributed by atoms with Crippen LogP contribution in [0.25, 0.3) is 11.0 Å². The molecule has 0 saturated carbocycles. The van der Waals surface area contributed by atoms with Crippen molar-refractivity contribution in [2.45, 2.75) is 6.54 Å². The monoisotopic (exact) mass is 299 g/mol. The Bertz CT molecular complexity index is 827. The Labute approximate surface area is 125 Å². The number of nitrogens with zero attached hydrogens (tertiary/aromatic N) is 4. The summed E-state index contributed by atoms with van der Waals surface area (Å²) >= 11 is 0. The Morgan fingerprint density at radius 3 is 2.91 bits per heavy atom. The molecule has 2 aromatic heterocycles. The van der Waals surface area contributed by atoms with Gasteiger partial charge in [0, 0.05) is 7.05 Å². The van der Waals surface area contributed by atoms with E-state index in [1.807, 2.05) is 0 Å². The first-order valence-electron chi connectivity index (χ1n) is 6.58. The molecule has 0 aliphatic rings. The van der Waals surface area contributed by atoms with Crippen molar-refractivity contribution in [3.63, 3.8) is 0 Å². The van der Waals surface area contributed by atoms with Gasteiger partial charge in [-0.1, -0.05) is 0 Å². The largest absolute Gasteiger partial charge is 0.371 e. The van der Waals surface area contributed by atoms with Crippen LogP contribution in [0.5, 0.6) is 0 Å². The Kier molecular flexibility index (Phi) is 3.65. The zero-order valence-electron chi connectivity index (χ0n) is 11.9. The molecule has 22 heavy (non-hydrogen) atoms. The standard InChI is InChI=1S/C14H14FN7/c1-16-12-13(17-2)19-7-20-14(12)18-6-11-21-9-4-3-8(15)5-10(9)22-11/h3-5,7H,1,6H2,2H3,(H,21,22)(H2,17,18,19,20). The van der Waals surface area contributed by atoms with Gasteiger partial charge in [0.25, 0.3) is 0 Å². The number of hydrogen-bond acceptors (Lipinski definition) is 6. The number of hydrogen-bond donors (Lipinski definition) is 3. The summed E-state index contributed by atoms with van der Waals surface area (Å²) in [7, 11) is 1.74. The van der Waals surface area contributed by atoms with E-state index in [4.69, 9.17) is 0 Å². The number of benzene rings is 1. The molecule has 0 aliphatic heterocycles. The van der Waals surface area contributed by atoms with Gasteiger partial charge in [-0.05, 0) is 24.9 Å². The molecule has 0 saturated heterocycles. The van der Waals surface area contributed by atoms with Crippen molar-refractivity contribution in [2.24, 2.45) is 4.99 Å². The predicted molar refractivity (Wildman–Crippen MR) is 84.2 cm³/mol. The van der Waals surface area contributed by atoms with Crippen LogP contribution in [0.15, 0.2) is 29.5 Å². The number of aromatic nitrogens is 4. The highest BCUT2D eigenvalue weighted by molar-refractivity contribution is 5.76. The number of anilines is 2. The molecular formula is C14H14FN7. The zero-order chi connectivity index (χ0) is 15.5. The maximum atomic E-state index is 13.2. The molecule has 0 amide bonds. The third kappa shape index (κ3) is 2.58. The van der Waals surface area contributed by atoms with E-state index in [9.17, 15) is 4.39 Å². The van der Waals surface area contributed by atoms with Gasteiger partial charge in [0.05, 0.1) is 17.6 Å². The van der Waals surface area contributed by atoms with Gasteiger partial charge in [0.1, 0.15) is 23.7 Å². The second-order valence-corrected chi connectivity index (χ2v) is 4.53. The first kappa shape index (κ1) is 13.9. The Hall–Kier alpha value is -3.03. The fraction of sp³-hybridized carbons (Fsp3) is 0.143. The molecule has 8 heteroatoms. The number of fused-ring (bicyclic) bond motifs is 1. The van der Waals surface area contributed by atoms with Crippen molar-refractivity contribution >= 4 is 35.1 Å². The van der Waals surface area contributed by atoms with E-state index in [0.29, 0.717) is 40.7 Å². The number of rotatable bonds is 5. The smallest absolute Gasteiger partial charge is 0.157 e. The van der Waals surface area contributed by atoms with Gasteiger partial charge in [0.15, 0.2) is 11.6 Å². The van der Waals surface area contributed by atoms with E-state index < -0.39 is 0 Å². The van der Waals surface area contributed by atoms with E-state index >= 15 is 0 Å². The third-order valence-electron chi connectivity index (χ3n) is 3.13. The van der Waals surface area contributed by atoms with Crippen LogP contribution in [0.4, 0.5) is 21.7 Å². The Morgan fingerprint density at radius 1 is 1.32 bits per heavy atom. The molecule has 0 atom stereocenters. The summed E-state index contributed by atoms with van der Waals surface area (Å²) in [6, 6.07) is 4.42. The van der Waals surface area contributed by atoms with E-state index in [1.165, 1.54) is 18.5 Å². The lowest BCUT2D eigenvalue weighted by atomic mass is 10.3. The Morgan fingerprint density at radius 2 is 2.14 bits per heavy atom. The SMILES string of the molecule is C=Nc1c(NC)ncnc1NCc1nc2ccc(F)cc2[nH]1. The fourth-order valence-corrected chi connectivity index (χ4v) is 2.13. The lowest BCUT2D eigenvalue weighted by molar-refractivity contribution is 0.629. The van der Waals surface area contributed by atoms with Crippen LogP contribution in [-0.4, -0.2) is 33.7 Å². The van der Waals surface area contributed by atoms with Crippen molar-refractivity contribution in [1.82, 2.24) is 19.9 Å². The quantitative estimate of drug-likeness (QED) is 0.630. The summed E-state index contributed by atoms with van der Waals surface area (Å²) < 4.78 is 13.2.